The fourth-order valence-electron chi connectivity index (χ4n) is 2.86. The lowest BCUT2D eigenvalue weighted by atomic mass is 9.99. The minimum atomic E-state index is -0.0751. The number of piperidine rings is 1. The van der Waals surface area contributed by atoms with E-state index in [0.29, 0.717) is 16.6 Å². The molecule has 1 fully saturated rings. The van der Waals surface area contributed by atoms with Crippen LogP contribution in [0, 0.1) is 0 Å². The van der Waals surface area contributed by atoms with Crippen LogP contribution >= 0.6 is 11.6 Å². The van der Waals surface area contributed by atoms with E-state index < -0.39 is 0 Å². The average Bonchev–Trinajstić information content (AvgIpc) is 2.58. The van der Waals surface area contributed by atoms with Gasteiger partial charge in [0.25, 0.3) is 5.91 Å². The van der Waals surface area contributed by atoms with Gasteiger partial charge in [-0.3, -0.25) is 9.78 Å². The molecule has 120 valence electrons. The Labute approximate surface area is 141 Å². The van der Waals surface area contributed by atoms with Gasteiger partial charge in [0.05, 0.1) is 5.56 Å². The first-order chi connectivity index (χ1) is 11.1. The first-order valence-corrected chi connectivity index (χ1v) is 8.26. The maximum Gasteiger partial charge on any atom is 0.253 e. The normalized spacial score (nSPS) is 21.0. The van der Waals surface area contributed by atoms with E-state index in [1.54, 1.807) is 12.4 Å². The lowest BCUT2D eigenvalue weighted by Crippen LogP contribution is -2.51. The molecule has 4 nitrogen and oxygen atoms in total. The number of nitrogens with one attached hydrogen (secondary N) is 2. The van der Waals surface area contributed by atoms with Gasteiger partial charge in [-0.05, 0) is 50.1 Å². The number of carbonyl (C=O) groups excluding carboxylic acids is 1. The minimum Gasteiger partial charge on any atom is -0.348 e. The fraction of sp³-hybridized carbons (Fsp3) is 0.333. The summed E-state index contributed by atoms with van der Waals surface area (Å²) in [6.07, 6.45) is 5.45. The summed E-state index contributed by atoms with van der Waals surface area (Å²) >= 11 is 5.92. The van der Waals surface area contributed by atoms with Crippen LogP contribution < -0.4 is 10.6 Å². The lowest BCUT2D eigenvalue weighted by molar-refractivity contribution is 0.0919. The number of carbonyl (C=O) groups is 1. The third-order valence-corrected chi connectivity index (χ3v) is 4.51. The summed E-state index contributed by atoms with van der Waals surface area (Å²) in [5, 5.41) is 7.19. The summed E-state index contributed by atoms with van der Waals surface area (Å²) in [7, 11) is 0. The maximum atomic E-state index is 12.5. The Hall–Kier alpha value is -1.91. The topological polar surface area (TPSA) is 54.0 Å². The van der Waals surface area contributed by atoms with Crippen molar-refractivity contribution in [3.05, 3.63) is 53.3 Å². The van der Waals surface area contributed by atoms with E-state index in [-0.39, 0.29) is 11.9 Å². The molecule has 1 amide bonds. The Morgan fingerprint density at radius 2 is 2.04 bits per heavy atom. The van der Waals surface area contributed by atoms with E-state index in [2.05, 4.69) is 22.5 Å². The van der Waals surface area contributed by atoms with Gasteiger partial charge in [-0.25, -0.2) is 0 Å². The smallest absolute Gasteiger partial charge is 0.253 e. The summed E-state index contributed by atoms with van der Waals surface area (Å²) in [5.74, 6) is -0.0751. The van der Waals surface area contributed by atoms with Crippen LogP contribution in [0.25, 0.3) is 11.1 Å². The van der Waals surface area contributed by atoms with Gasteiger partial charge >= 0.3 is 0 Å². The van der Waals surface area contributed by atoms with Crippen molar-refractivity contribution in [1.29, 1.82) is 0 Å². The Morgan fingerprint density at radius 3 is 2.78 bits per heavy atom. The predicted octanol–water partition coefficient (Wildman–Crippen LogP) is 3.27. The van der Waals surface area contributed by atoms with Crippen LogP contribution in [0.3, 0.4) is 0 Å². The molecule has 2 heterocycles. The molecule has 1 aliphatic rings. The standard InChI is InChI=1S/C18H20ClN3O/c1-12-17(3-2-8-21-12)22-18(23)15-9-14(10-20-11-15)13-4-6-16(19)7-5-13/h4-7,9-12,17,21H,2-3,8H2,1H3,(H,22,23). The number of benzene rings is 1. The van der Waals surface area contributed by atoms with Crippen molar-refractivity contribution in [1.82, 2.24) is 15.6 Å². The summed E-state index contributed by atoms with van der Waals surface area (Å²) in [6.45, 7) is 3.12. The van der Waals surface area contributed by atoms with E-state index in [1.165, 1.54) is 0 Å². The van der Waals surface area contributed by atoms with Crippen LogP contribution in [0.5, 0.6) is 0 Å². The van der Waals surface area contributed by atoms with Crippen molar-refractivity contribution >= 4 is 17.5 Å². The zero-order chi connectivity index (χ0) is 16.2. The molecule has 23 heavy (non-hydrogen) atoms. The highest BCUT2D eigenvalue weighted by Crippen LogP contribution is 2.21. The second-order valence-corrected chi connectivity index (χ2v) is 6.37. The Bertz CT molecular complexity index is 687. The number of halogens is 1. The molecule has 1 aliphatic heterocycles. The molecule has 0 radical (unpaired) electrons. The van der Waals surface area contributed by atoms with Crippen molar-refractivity contribution in [3.63, 3.8) is 0 Å². The van der Waals surface area contributed by atoms with Gasteiger partial charge in [0.2, 0.25) is 0 Å². The Balaban J connectivity index is 1.76. The molecular formula is C18H20ClN3O. The Morgan fingerprint density at radius 1 is 1.26 bits per heavy atom. The molecule has 0 aliphatic carbocycles. The molecule has 2 N–H and O–H groups in total. The third-order valence-electron chi connectivity index (χ3n) is 4.26. The monoisotopic (exact) mass is 329 g/mol. The molecule has 2 atom stereocenters. The van der Waals surface area contributed by atoms with Gasteiger partial charge in [0.15, 0.2) is 0 Å². The lowest BCUT2D eigenvalue weighted by Gasteiger charge is -2.30. The molecular weight excluding hydrogens is 310 g/mol. The molecule has 1 aromatic carbocycles. The summed E-state index contributed by atoms with van der Waals surface area (Å²) < 4.78 is 0. The molecule has 0 saturated carbocycles. The van der Waals surface area contributed by atoms with Gasteiger partial charge in [-0.15, -0.1) is 0 Å². The first kappa shape index (κ1) is 16.0. The van der Waals surface area contributed by atoms with Crippen LogP contribution in [0.4, 0.5) is 0 Å². The highest BCUT2D eigenvalue weighted by molar-refractivity contribution is 6.30. The van der Waals surface area contributed by atoms with Gasteiger partial charge in [-0.2, -0.15) is 0 Å². The van der Waals surface area contributed by atoms with Crippen molar-refractivity contribution in [2.24, 2.45) is 0 Å². The third kappa shape index (κ3) is 3.89. The zero-order valence-electron chi connectivity index (χ0n) is 13.1. The largest absolute Gasteiger partial charge is 0.348 e. The fourth-order valence-corrected chi connectivity index (χ4v) is 2.98. The number of rotatable bonds is 3. The second-order valence-electron chi connectivity index (χ2n) is 5.93. The van der Waals surface area contributed by atoms with Crippen LogP contribution in [-0.2, 0) is 0 Å². The van der Waals surface area contributed by atoms with Crippen molar-refractivity contribution < 1.29 is 4.79 Å². The number of hydrogen-bond acceptors (Lipinski definition) is 3. The molecule has 2 aromatic rings. The Kier molecular flexibility index (Phi) is 4.94. The quantitative estimate of drug-likeness (QED) is 0.908. The number of amides is 1. The van der Waals surface area contributed by atoms with Gasteiger partial charge in [0.1, 0.15) is 0 Å². The number of nitrogens with zero attached hydrogens (tertiary/aromatic N) is 1. The van der Waals surface area contributed by atoms with Crippen LogP contribution in [0.15, 0.2) is 42.7 Å². The summed E-state index contributed by atoms with van der Waals surface area (Å²) in [5.41, 5.74) is 2.48. The van der Waals surface area contributed by atoms with Crippen LogP contribution in [0.2, 0.25) is 5.02 Å². The average molecular weight is 330 g/mol. The molecule has 2 unspecified atom stereocenters. The minimum absolute atomic E-state index is 0.0751. The highest BCUT2D eigenvalue weighted by atomic mass is 35.5. The van der Waals surface area contributed by atoms with Crippen LogP contribution in [0.1, 0.15) is 30.1 Å². The van der Waals surface area contributed by atoms with Crippen LogP contribution in [-0.4, -0.2) is 29.5 Å². The molecule has 1 aromatic heterocycles. The van der Waals surface area contributed by atoms with E-state index >= 15 is 0 Å². The highest BCUT2D eigenvalue weighted by Gasteiger charge is 2.23. The number of aromatic nitrogens is 1. The van der Waals surface area contributed by atoms with E-state index in [0.717, 1.165) is 30.5 Å². The SMILES string of the molecule is CC1NCCCC1NC(=O)c1cncc(-c2ccc(Cl)cc2)c1. The number of hydrogen-bond donors (Lipinski definition) is 2. The molecule has 1 saturated heterocycles. The predicted molar refractivity (Wildman–Crippen MR) is 92.6 cm³/mol. The van der Waals surface area contributed by atoms with Gasteiger partial charge in [-0.1, -0.05) is 23.7 Å². The van der Waals surface area contributed by atoms with E-state index in [1.807, 2.05) is 30.3 Å². The molecule has 0 spiro atoms. The molecule has 0 bridgehead atoms. The second kappa shape index (κ2) is 7.11. The van der Waals surface area contributed by atoms with Gasteiger partial charge in [0, 0.05) is 35.1 Å². The van der Waals surface area contributed by atoms with Crippen molar-refractivity contribution in [3.8, 4) is 11.1 Å². The summed E-state index contributed by atoms with van der Waals surface area (Å²) in [6, 6.07) is 9.84. The summed E-state index contributed by atoms with van der Waals surface area (Å²) in [4.78, 5) is 16.7. The molecule has 3 rings (SSSR count). The first-order valence-electron chi connectivity index (χ1n) is 7.89. The molecule has 5 heteroatoms. The van der Waals surface area contributed by atoms with Gasteiger partial charge < -0.3 is 10.6 Å². The van der Waals surface area contributed by atoms with Crippen molar-refractivity contribution in [2.75, 3.05) is 6.54 Å². The van der Waals surface area contributed by atoms with Crippen molar-refractivity contribution in [2.45, 2.75) is 31.8 Å². The number of pyridine rings is 1. The van der Waals surface area contributed by atoms with E-state index in [9.17, 15) is 4.79 Å². The van der Waals surface area contributed by atoms with E-state index in [4.69, 9.17) is 11.6 Å². The maximum absolute atomic E-state index is 12.5. The zero-order valence-corrected chi connectivity index (χ0v) is 13.8.